The van der Waals surface area contributed by atoms with Crippen LogP contribution >= 0.6 is 11.8 Å². The molecule has 19 heavy (non-hydrogen) atoms. The molecule has 1 fully saturated rings. The quantitative estimate of drug-likeness (QED) is 0.887. The van der Waals surface area contributed by atoms with Crippen molar-refractivity contribution >= 4 is 11.8 Å². The first-order valence-corrected chi connectivity index (χ1v) is 8.19. The van der Waals surface area contributed by atoms with Crippen LogP contribution in [-0.2, 0) is 4.74 Å². The first-order valence-electron chi connectivity index (χ1n) is 7.31. The molecular weight excluding hydrogens is 256 g/mol. The number of hydrogen-bond acceptors (Lipinski definition) is 3. The maximum atomic E-state index is 9.99. The molecule has 1 aromatic carbocycles. The van der Waals surface area contributed by atoms with E-state index in [9.17, 15) is 5.11 Å². The number of hydrogen-bond donors (Lipinski definition) is 1. The van der Waals surface area contributed by atoms with E-state index in [4.69, 9.17) is 4.74 Å². The Labute approximate surface area is 120 Å². The van der Waals surface area contributed by atoms with Crippen LogP contribution in [0.2, 0.25) is 0 Å². The van der Waals surface area contributed by atoms with Crippen LogP contribution in [-0.4, -0.2) is 29.2 Å². The fourth-order valence-electron chi connectivity index (χ4n) is 2.47. The van der Waals surface area contributed by atoms with E-state index < -0.39 is 0 Å². The number of aliphatic hydroxyl groups excluding tert-OH is 1. The van der Waals surface area contributed by atoms with Crippen molar-refractivity contribution in [2.45, 2.75) is 61.4 Å². The van der Waals surface area contributed by atoms with Crippen molar-refractivity contribution < 1.29 is 9.84 Å². The first-order chi connectivity index (χ1) is 9.29. The third kappa shape index (κ3) is 4.83. The summed E-state index contributed by atoms with van der Waals surface area (Å²) in [6.45, 7) is 2.91. The van der Waals surface area contributed by atoms with Gasteiger partial charge in [0.2, 0.25) is 0 Å². The summed E-state index contributed by atoms with van der Waals surface area (Å²) >= 11 is 1.86. The van der Waals surface area contributed by atoms with Gasteiger partial charge in [-0.1, -0.05) is 38.0 Å². The molecule has 1 aliphatic heterocycles. The van der Waals surface area contributed by atoms with Crippen molar-refractivity contribution in [2.24, 2.45) is 0 Å². The lowest BCUT2D eigenvalue weighted by molar-refractivity contribution is 0.0508. The van der Waals surface area contributed by atoms with Crippen LogP contribution in [0.5, 0.6) is 0 Å². The van der Waals surface area contributed by atoms with E-state index in [-0.39, 0.29) is 12.2 Å². The van der Waals surface area contributed by atoms with Crippen LogP contribution < -0.4 is 0 Å². The second-order valence-electron chi connectivity index (χ2n) is 5.20. The standard InChI is InChI=1S/C16H24O2S/c1-2-3-9-15-16(12-13(17)10-11-18-15)19-14-7-5-4-6-8-14/h4-8,13,15-17H,2-3,9-12H2,1H3/t13-,15+,16+/m1/s1. The summed E-state index contributed by atoms with van der Waals surface area (Å²) in [4.78, 5) is 1.27. The molecule has 0 spiro atoms. The van der Waals surface area contributed by atoms with Gasteiger partial charge in [-0.05, 0) is 31.4 Å². The normalized spacial score (nSPS) is 28.0. The smallest absolute Gasteiger partial charge is 0.0698 e. The predicted octanol–water partition coefficient (Wildman–Crippen LogP) is 3.88. The monoisotopic (exact) mass is 280 g/mol. The Morgan fingerprint density at radius 3 is 2.84 bits per heavy atom. The molecular formula is C16H24O2S. The molecule has 3 heteroatoms. The molecule has 0 radical (unpaired) electrons. The molecule has 0 saturated carbocycles. The number of benzene rings is 1. The molecule has 1 saturated heterocycles. The largest absolute Gasteiger partial charge is 0.393 e. The lowest BCUT2D eigenvalue weighted by atomic mass is 10.0. The molecule has 1 aromatic rings. The minimum absolute atomic E-state index is 0.215. The van der Waals surface area contributed by atoms with Crippen molar-refractivity contribution in [2.75, 3.05) is 6.61 Å². The second kappa shape index (κ2) is 7.93. The summed E-state index contributed by atoms with van der Waals surface area (Å²) < 4.78 is 5.98. The number of unbranched alkanes of at least 4 members (excludes halogenated alkanes) is 1. The van der Waals surface area contributed by atoms with Crippen LogP contribution in [0.15, 0.2) is 35.2 Å². The Balaban J connectivity index is 2.02. The Kier molecular flexibility index (Phi) is 6.21. The van der Waals surface area contributed by atoms with Gasteiger partial charge in [-0.3, -0.25) is 0 Å². The van der Waals surface area contributed by atoms with Crippen molar-refractivity contribution in [3.8, 4) is 0 Å². The van der Waals surface area contributed by atoms with Crippen molar-refractivity contribution in [3.05, 3.63) is 30.3 Å². The maximum Gasteiger partial charge on any atom is 0.0698 e. The van der Waals surface area contributed by atoms with Gasteiger partial charge < -0.3 is 9.84 Å². The van der Waals surface area contributed by atoms with Gasteiger partial charge in [0, 0.05) is 16.8 Å². The molecule has 1 aliphatic rings. The molecule has 106 valence electrons. The minimum atomic E-state index is -0.215. The zero-order valence-electron chi connectivity index (χ0n) is 11.6. The SMILES string of the molecule is CCCC[C@@H]1OCC[C@@H](O)C[C@@H]1Sc1ccccc1. The summed E-state index contributed by atoms with van der Waals surface area (Å²) in [5.41, 5.74) is 0. The van der Waals surface area contributed by atoms with Crippen molar-refractivity contribution in [3.63, 3.8) is 0 Å². The van der Waals surface area contributed by atoms with Gasteiger partial charge in [0.05, 0.1) is 12.2 Å². The van der Waals surface area contributed by atoms with E-state index >= 15 is 0 Å². The lowest BCUT2D eigenvalue weighted by Crippen LogP contribution is -2.26. The number of ether oxygens (including phenoxy) is 1. The summed E-state index contributed by atoms with van der Waals surface area (Å²) in [7, 11) is 0. The number of aliphatic hydroxyl groups is 1. The van der Waals surface area contributed by atoms with Gasteiger partial charge in [-0.25, -0.2) is 0 Å². The van der Waals surface area contributed by atoms with E-state index in [0.717, 1.165) is 19.3 Å². The predicted molar refractivity (Wildman–Crippen MR) is 80.6 cm³/mol. The highest BCUT2D eigenvalue weighted by molar-refractivity contribution is 8.00. The van der Waals surface area contributed by atoms with Crippen LogP contribution in [0.3, 0.4) is 0 Å². The van der Waals surface area contributed by atoms with Crippen molar-refractivity contribution in [1.29, 1.82) is 0 Å². The Morgan fingerprint density at radius 2 is 2.11 bits per heavy atom. The molecule has 0 bridgehead atoms. The van der Waals surface area contributed by atoms with Gasteiger partial charge in [0.15, 0.2) is 0 Å². The highest BCUT2D eigenvalue weighted by Gasteiger charge is 2.28. The van der Waals surface area contributed by atoms with E-state index in [2.05, 4.69) is 31.2 Å². The molecule has 1 heterocycles. The number of rotatable bonds is 5. The highest BCUT2D eigenvalue weighted by Crippen LogP contribution is 2.33. The second-order valence-corrected chi connectivity index (χ2v) is 6.51. The molecule has 0 aromatic heterocycles. The van der Waals surface area contributed by atoms with Gasteiger partial charge in [0.25, 0.3) is 0 Å². The average Bonchev–Trinajstić information content (AvgIpc) is 2.59. The molecule has 0 amide bonds. The van der Waals surface area contributed by atoms with Gasteiger partial charge in [0.1, 0.15) is 0 Å². The van der Waals surface area contributed by atoms with E-state index in [0.29, 0.717) is 11.9 Å². The highest BCUT2D eigenvalue weighted by atomic mass is 32.2. The topological polar surface area (TPSA) is 29.5 Å². The third-order valence-corrected chi connectivity index (χ3v) is 4.92. The first kappa shape index (κ1) is 14.9. The molecule has 0 aliphatic carbocycles. The zero-order valence-corrected chi connectivity index (χ0v) is 12.4. The fraction of sp³-hybridized carbons (Fsp3) is 0.625. The fourth-order valence-corrected chi connectivity index (χ4v) is 3.82. The van der Waals surface area contributed by atoms with Gasteiger partial charge in [-0.2, -0.15) is 0 Å². The molecule has 1 N–H and O–H groups in total. The lowest BCUT2D eigenvalue weighted by Gasteiger charge is -2.25. The van der Waals surface area contributed by atoms with Crippen molar-refractivity contribution in [1.82, 2.24) is 0 Å². The van der Waals surface area contributed by atoms with Crippen LogP contribution in [0.4, 0.5) is 0 Å². The third-order valence-electron chi connectivity index (χ3n) is 3.57. The van der Waals surface area contributed by atoms with E-state index in [1.807, 2.05) is 17.8 Å². The number of thioether (sulfide) groups is 1. The Morgan fingerprint density at radius 1 is 1.32 bits per heavy atom. The summed E-state index contributed by atoms with van der Waals surface area (Å²) in [5, 5.41) is 10.4. The van der Waals surface area contributed by atoms with E-state index in [1.54, 1.807) is 0 Å². The molecule has 2 rings (SSSR count). The van der Waals surface area contributed by atoms with Crippen LogP contribution in [0, 0.1) is 0 Å². The van der Waals surface area contributed by atoms with Crippen LogP contribution in [0.1, 0.15) is 39.0 Å². The summed E-state index contributed by atoms with van der Waals surface area (Å²) in [5.74, 6) is 0. The van der Waals surface area contributed by atoms with Gasteiger partial charge in [-0.15, -0.1) is 11.8 Å². The Bertz CT molecular complexity index is 353. The Hall–Kier alpha value is -0.510. The average molecular weight is 280 g/mol. The summed E-state index contributed by atoms with van der Waals surface area (Å²) in [6.07, 6.45) is 5.18. The zero-order chi connectivity index (χ0) is 13.5. The van der Waals surface area contributed by atoms with E-state index in [1.165, 1.54) is 17.7 Å². The summed E-state index contributed by atoms with van der Waals surface area (Å²) in [6, 6.07) is 10.4. The molecule has 2 nitrogen and oxygen atoms in total. The molecule has 3 atom stereocenters. The van der Waals surface area contributed by atoms with Crippen LogP contribution in [0.25, 0.3) is 0 Å². The minimum Gasteiger partial charge on any atom is -0.393 e. The van der Waals surface area contributed by atoms with Gasteiger partial charge >= 0.3 is 0 Å². The maximum absolute atomic E-state index is 9.99. The molecule has 0 unspecified atom stereocenters.